The highest BCUT2D eigenvalue weighted by Gasteiger charge is 2.29. The van der Waals surface area contributed by atoms with E-state index in [2.05, 4.69) is 5.32 Å². The molecule has 0 bridgehead atoms. The zero-order chi connectivity index (χ0) is 12.3. The highest BCUT2D eigenvalue weighted by atomic mass is 19.1. The summed E-state index contributed by atoms with van der Waals surface area (Å²) in [5.41, 5.74) is 0.750. The molecule has 0 unspecified atom stereocenters. The fourth-order valence-corrected chi connectivity index (χ4v) is 1.61. The molecule has 92 valence electrons. The molecule has 0 aromatic heterocycles. The lowest BCUT2D eigenvalue weighted by Gasteiger charge is -2.07. The van der Waals surface area contributed by atoms with Gasteiger partial charge in [-0.25, -0.2) is 4.39 Å². The minimum atomic E-state index is -0.384. The van der Waals surface area contributed by atoms with Crippen LogP contribution in [-0.2, 0) is 11.3 Å². The molecule has 4 heteroatoms. The minimum absolute atomic E-state index is 0.0688. The third kappa shape index (κ3) is 3.19. The van der Waals surface area contributed by atoms with Gasteiger partial charge in [0.1, 0.15) is 0 Å². The van der Waals surface area contributed by atoms with Crippen LogP contribution >= 0.6 is 0 Å². The summed E-state index contributed by atoms with van der Waals surface area (Å²) in [6, 6.07) is 4.76. The van der Waals surface area contributed by atoms with E-state index in [1.54, 1.807) is 12.1 Å². The van der Waals surface area contributed by atoms with E-state index in [1.807, 2.05) is 6.92 Å². The van der Waals surface area contributed by atoms with Gasteiger partial charge in [0, 0.05) is 12.5 Å². The predicted octanol–water partition coefficient (Wildman–Crippen LogP) is 2.25. The number of benzene rings is 1. The van der Waals surface area contributed by atoms with Crippen LogP contribution in [0.4, 0.5) is 4.39 Å². The Morgan fingerprint density at radius 2 is 2.29 bits per heavy atom. The Kier molecular flexibility index (Phi) is 3.61. The number of ether oxygens (including phenoxy) is 1. The Morgan fingerprint density at radius 1 is 1.53 bits per heavy atom. The van der Waals surface area contributed by atoms with Gasteiger partial charge in [-0.05, 0) is 37.5 Å². The number of hydrogen-bond acceptors (Lipinski definition) is 2. The van der Waals surface area contributed by atoms with Crippen molar-refractivity contribution in [2.24, 2.45) is 5.92 Å². The highest BCUT2D eigenvalue weighted by molar-refractivity contribution is 5.80. The van der Waals surface area contributed by atoms with Crippen LogP contribution in [0.25, 0.3) is 0 Å². The molecule has 0 atom stereocenters. The molecule has 1 N–H and O–H groups in total. The van der Waals surface area contributed by atoms with Crippen LogP contribution in [0.15, 0.2) is 18.2 Å². The van der Waals surface area contributed by atoms with Gasteiger partial charge in [0.05, 0.1) is 6.61 Å². The Hall–Kier alpha value is -1.58. The second-order valence-electron chi connectivity index (χ2n) is 4.19. The number of halogens is 1. The highest BCUT2D eigenvalue weighted by Crippen LogP contribution is 2.28. The molecular formula is C13H16FNO2. The van der Waals surface area contributed by atoms with E-state index in [1.165, 1.54) is 6.07 Å². The summed E-state index contributed by atoms with van der Waals surface area (Å²) in [5, 5.41) is 2.79. The normalized spacial score (nSPS) is 14.5. The van der Waals surface area contributed by atoms with E-state index >= 15 is 0 Å². The van der Waals surface area contributed by atoms with Gasteiger partial charge in [0.15, 0.2) is 11.6 Å². The van der Waals surface area contributed by atoms with E-state index in [-0.39, 0.29) is 23.4 Å². The van der Waals surface area contributed by atoms with Gasteiger partial charge in [0.25, 0.3) is 0 Å². The summed E-state index contributed by atoms with van der Waals surface area (Å²) in [6.45, 7) is 2.62. The molecule has 1 aromatic carbocycles. The Bertz CT molecular complexity index is 416. The van der Waals surface area contributed by atoms with Crippen LogP contribution in [0.2, 0.25) is 0 Å². The smallest absolute Gasteiger partial charge is 0.223 e. The van der Waals surface area contributed by atoms with Gasteiger partial charge < -0.3 is 10.1 Å². The second kappa shape index (κ2) is 5.17. The van der Waals surface area contributed by atoms with Gasteiger partial charge in [-0.1, -0.05) is 6.07 Å². The molecule has 2 rings (SSSR count). The van der Waals surface area contributed by atoms with E-state index in [0.717, 1.165) is 18.4 Å². The summed E-state index contributed by atoms with van der Waals surface area (Å²) in [4.78, 5) is 11.4. The third-order valence-electron chi connectivity index (χ3n) is 2.71. The van der Waals surface area contributed by atoms with Crippen molar-refractivity contribution in [3.63, 3.8) is 0 Å². The number of amides is 1. The largest absolute Gasteiger partial charge is 0.491 e. The standard InChI is InChI=1S/C13H16FNO2/c1-2-17-12-6-3-9(7-11(12)14)8-15-13(16)10-4-5-10/h3,6-7,10H,2,4-5,8H2,1H3,(H,15,16). The lowest BCUT2D eigenvalue weighted by molar-refractivity contribution is -0.122. The quantitative estimate of drug-likeness (QED) is 0.853. The molecule has 0 radical (unpaired) electrons. The van der Waals surface area contributed by atoms with E-state index in [9.17, 15) is 9.18 Å². The summed E-state index contributed by atoms with van der Waals surface area (Å²) < 4.78 is 18.6. The SMILES string of the molecule is CCOc1ccc(CNC(=O)C2CC2)cc1F. The molecule has 1 saturated carbocycles. The minimum Gasteiger partial charge on any atom is -0.491 e. The Balaban J connectivity index is 1.92. The van der Waals surface area contributed by atoms with Crippen LogP contribution in [0.3, 0.4) is 0 Å². The topological polar surface area (TPSA) is 38.3 Å². The number of hydrogen-bond donors (Lipinski definition) is 1. The zero-order valence-corrected chi connectivity index (χ0v) is 9.83. The Labute approximate surface area is 100.0 Å². The summed E-state index contributed by atoms with van der Waals surface area (Å²) in [5.74, 6) is 0.122. The van der Waals surface area contributed by atoms with Crippen LogP contribution in [0.5, 0.6) is 5.75 Å². The lowest BCUT2D eigenvalue weighted by Crippen LogP contribution is -2.24. The van der Waals surface area contributed by atoms with Crippen LogP contribution in [-0.4, -0.2) is 12.5 Å². The fourth-order valence-electron chi connectivity index (χ4n) is 1.61. The van der Waals surface area contributed by atoms with E-state index in [4.69, 9.17) is 4.74 Å². The average molecular weight is 237 g/mol. The number of nitrogens with one attached hydrogen (secondary N) is 1. The van der Waals surface area contributed by atoms with Crippen molar-refractivity contribution in [2.75, 3.05) is 6.61 Å². The van der Waals surface area contributed by atoms with Crippen molar-refractivity contribution in [3.8, 4) is 5.75 Å². The third-order valence-corrected chi connectivity index (χ3v) is 2.71. The van der Waals surface area contributed by atoms with Crippen molar-refractivity contribution in [3.05, 3.63) is 29.6 Å². The number of carbonyl (C=O) groups excluding carboxylic acids is 1. The van der Waals surface area contributed by atoms with E-state index < -0.39 is 0 Å². The average Bonchev–Trinajstić information content (AvgIpc) is 3.13. The van der Waals surface area contributed by atoms with Crippen LogP contribution in [0.1, 0.15) is 25.3 Å². The molecule has 3 nitrogen and oxygen atoms in total. The van der Waals surface area contributed by atoms with Gasteiger partial charge in [0.2, 0.25) is 5.91 Å². The predicted molar refractivity (Wildman–Crippen MR) is 62.1 cm³/mol. The molecule has 1 amide bonds. The fraction of sp³-hybridized carbons (Fsp3) is 0.462. The van der Waals surface area contributed by atoms with Crippen LogP contribution < -0.4 is 10.1 Å². The molecule has 1 aromatic rings. The summed E-state index contributed by atoms with van der Waals surface area (Å²) >= 11 is 0. The van der Waals surface area contributed by atoms with Gasteiger partial charge >= 0.3 is 0 Å². The maximum Gasteiger partial charge on any atom is 0.223 e. The zero-order valence-electron chi connectivity index (χ0n) is 9.83. The second-order valence-corrected chi connectivity index (χ2v) is 4.19. The van der Waals surface area contributed by atoms with Crippen molar-refractivity contribution in [1.29, 1.82) is 0 Å². The summed E-state index contributed by atoms with van der Waals surface area (Å²) in [6.07, 6.45) is 1.95. The lowest BCUT2D eigenvalue weighted by atomic mass is 10.2. The molecule has 17 heavy (non-hydrogen) atoms. The molecule has 1 aliphatic rings. The van der Waals surface area contributed by atoms with Crippen molar-refractivity contribution >= 4 is 5.91 Å². The maximum absolute atomic E-state index is 13.5. The van der Waals surface area contributed by atoms with Crippen molar-refractivity contribution in [1.82, 2.24) is 5.32 Å². The van der Waals surface area contributed by atoms with Crippen molar-refractivity contribution in [2.45, 2.75) is 26.3 Å². The Morgan fingerprint density at radius 3 is 2.88 bits per heavy atom. The first-order valence-corrected chi connectivity index (χ1v) is 5.89. The molecule has 0 saturated heterocycles. The van der Waals surface area contributed by atoms with Crippen molar-refractivity contribution < 1.29 is 13.9 Å². The summed E-state index contributed by atoms with van der Waals surface area (Å²) in [7, 11) is 0. The molecule has 0 aliphatic heterocycles. The molecule has 1 aliphatic carbocycles. The number of carbonyl (C=O) groups is 1. The monoisotopic (exact) mass is 237 g/mol. The van der Waals surface area contributed by atoms with E-state index in [0.29, 0.717) is 13.2 Å². The van der Waals surface area contributed by atoms with Gasteiger partial charge in [-0.15, -0.1) is 0 Å². The molecule has 1 fully saturated rings. The molecule has 0 spiro atoms. The first-order valence-electron chi connectivity index (χ1n) is 5.89. The number of rotatable bonds is 5. The molecular weight excluding hydrogens is 221 g/mol. The first-order chi connectivity index (χ1) is 8.20. The van der Waals surface area contributed by atoms with Crippen LogP contribution in [0, 0.1) is 11.7 Å². The maximum atomic E-state index is 13.5. The first kappa shape index (κ1) is 11.9. The molecule has 0 heterocycles. The van der Waals surface area contributed by atoms with Gasteiger partial charge in [-0.2, -0.15) is 0 Å². The van der Waals surface area contributed by atoms with Gasteiger partial charge in [-0.3, -0.25) is 4.79 Å².